The Morgan fingerprint density at radius 2 is 1.78 bits per heavy atom. The van der Waals surface area contributed by atoms with Crippen LogP contribution < -0.4 is 11.3 Å². The van der Waals surface area contributed by atoms with E-state index in [4.69, 9.17) is 10.2 Å². The molecule has 6 rings (SSSR count). The van der Waals surface area contributed by atoms with Crippen molar-refractivity contribution < 1.29 is 8.81 Å². The molecule has 1 saturated carbocycles. The van der Waals surface area contributed by atoms with Gasteiger partial charge in [-0.3, -0.25) is 9.48 Å². The van der Waals surface area contributed by atoms with Gasteiger partial charge in [-0.2, -0.15) is 5.10 Å². The molecule has 3 aromatic heterocycles. The molecule has 0 unspecified atom stereocenters. The van der Waals surface area contributed by atoms with Crippen LogP contribution in [0.5, 0.6) is 0 Å². The molecule has 0 spiro atoms. The second-order valence-corrected chi connectivity index (χ2v) is 9.60. The number of hydrogen-bond acceptors (Lipinski definition) is 4. The van der Waals surface area contributed by atoms with E-state index < -0.39 is 6.67 Å². The molecule has 1 aliphatic rings. The van der Waals surface area contributed by atoms with Gasteiger partial charge in [-0.15, -0.1) is 0 Å². The summed E-state index contributed by atoms with van der Waals surface area (Å²) in [6.45, 7) is -0.685. The average molecular weight is 483 g/mol. The van der Waals surface area contributed by atoms with Crippen LogP contribution in [0.1, 0.15) is 24.8 Å². The van der Waals surface area contributed by atoms with Gasteiger partial charge in [0.05, 0.1) is 18.1 Å². The maximum atomic E-state index is 13.7. The Kier molecular flexibility index (Phi) is 5.38. The number of aryl methyl sites for hydroxylation is 2. The first-order valence-corrected chi connectivity index (χ1v) is 12.2. The third kappa shape index (κ3) is 3.58. The molecule has 2 aromatic carbocycles. The summed E-state index contributed by atoms with van der Waals surface area (Å²) < 4.78 is 23.1. The summed E-state index contributed by atoms with van der Waals surface area (Å²) in [5.74, 6) is 0.600. The minimum absolute atomic E-state index is 0.0376. The number of alkyl halides is 1. The molecule has 0 radical (unpaired) electrons. The molecule has 182 valence electrons. The van der Waals surface area contributed by atoms with E-state index in [1.165, 1.54) is 4.57 Å². The smallest absolute Gasteiger partial charge is 0.262 e. The zero-order chi connectivity index (χ0) is 24.9. The molecule has 6 nitrogen and oxygen atoms in total. The second kappa shape index (κ2) is 8.60. The molecule has 1 fully saturated rings. The number of pyridine rings is 1. The molecule has 3 heterocycles. The standard InChI is InChI=1S/C29H27FN4O2/c1-33-17-21(16-32-33)23-18-34(15-14-30)28(35)25-24(19-6-3-2-4-7-19)26(36-27(23)25)20-8-10-22(11-9-20)29(31)12-5-13-29/h2-4,6-11,16-18H,5,12-15,31H2,1H3. The highest BCUT2D eigenvalue weighted by Crippen LogP contribution is 2.44. The lowest BCUT2D eigenvalue weighted by Crippen LogP contribution is -2.43. The van der Waals surface area contributed by atoms with Crippen LogP contribution in [0.15, 0.2) is 82.4 Å². The van der Waals surface area contributed by atoms with Crippen molar-refractivity contribution in [3.05, 3.63) is 89.1 Å². The fourth-order valence-corrected chi connectivity index (χ4v) is 5.15. The van der Waals surface area contributed by atoms with Crippen molar-refractivity contribution in [3.8, 4) is 33.6 Å². The Labute approximate surface area is 207 Å². The van der Waals surface area contributed by atoms with Gasteiger partial charge in [-0.25, -0.2) is 4.39 Å². The van der Waals surface area contributed by atoms with Crippen molar-refractivity contribution >= 4 is 11.0 Å². The topological polar surface area (TPSA) is 79.0 Å². The second-order valence-electron chi connectivity index (χ2n) is 9.60. The van der Waals surface area contributed by atoms with Gasteiger partial charge in [0.25, 0.3) is 5.56 Å². The summed E-state index contributed by atoms with van der Waals surface area (Å²) in [6.07, 6.45) is 8.35. The molecule has 0 saturated heterocycles. The number of rotatable bonds is 6. The molecule has 0 atom stereocenters. The maximum absolute atomic E-state index is 13.7. The Bertz CT molecular complexity index is 1610. The van der Waals surface area contributed by atoms with E-state index in [9.17, 15) is 9.18 Å². The minimum atomic E-state index is -0.647. The van der Waals surface area contributed by atoms with E-state index in [0.717, 1.165) is 41.5 Å². The molecule has 1 aliphatic carbocycles. The van der Waals surface area contributed by atoms with E-state index in [0.29, 0.717) is 27.9 Å². The van der Waals surface area contributed by atoms with Crippen LogP contribution in [0.4, 0.5) is 4.39 Å². The normalized spacial score (nSPS) is 14.8. The Morgan fingerprint density at radius 1 is 1.03 bits per heavy atom. The SMILES string of the molecule is Cn1cc(-c2cn(CCF)c(=O)c3c(-c4ccccc4)c(-c4ccc(C5(N)CCC5)cc4)oc23)cn1. The van der Waals surface area contributed by atoms with Crippen LogP contribution in [-0.4, -0.2) is 21.0 Å². The predicted molar refractivity (Wildman–Crippen MR) is 139 cm³/mol. The largest absolute Gasteiger partial charge is 0.454 e. The van der Waals surface area contributed by atoms with Crippen LogP contribution >= 0.6 is 0 Å². The summed E-state index contributed by atoms with van der Waals surface area (Å²) in [5, 5.41) is 4.73. The van der Waals surface area contributed by atoms with Gasteiger partial charge in [0.1, 0.15) is 18.0 Å². The van der Waals surface area contributed by atoms with E-state index in [1.54, 1.807) is 17.1 Å². The fourth-order valence-electron chi connectivity index (χ4n) is 5.15. The zero-order valence-electron chi connectivity index (χ0n) is 20.1. The molecular formula is C29H27FN4O2. The first kappa shape index (κ1) is 22.5. The summed E-state index contributed by atoms with van der Waals surface area (Å²) in [6, 6.07) is 17.8. The molecule has 7 heteroatoms. The predicted octanol–water partition coefficient (Wildman–Crippen LogP) is 5.64. The zero-order valence-corrected chi connectivity index (χ0v) is 20.1. The molecule has 36 heavy (non-hydrogen) atoms. The van der Waals surface area contributed by atoms with E-state index >= 15 is 0 Å². The lowest BCUT2D eigenvalue weighted by molar-refractivity contribution is 0.253. The molecule has 0 bridgehead atoms. The number of fused-ring (bicyclic) bond motifs is 1. The molecule has 0 amide bonds. The number of nitrogens with zero attached hydrogens (tertiary/aromatic N) is 3. The Balaban J connectivity index is 1.65. The number of halogens is 1. The van der Waals surface area contributed by atoms with Crippen LogP contribution in [0.25, 0.3) is 44.5 Å². The lowest BCUT2D eigenvalue weighted by Gasteiger charge is -2.38. The highest BCUT2D eigenvalue weighted by molar-refractivity contribution is 6.06. The number of benzene rings is 2. The van der Waals surface area contributed by atoms with E-state index in [-0.39, 0.29) is 17.6 Å². The van der Waals surface area contributed by atoms with Gasteiger partial charge < -0.3 is 14.7 Å². The Hall–Kier alpha value is -3.97. The highest BCUT2D eigenvalue weighted by atomic mass is 19.1. The number of aromatic nitrogens is 3. The maximum Gasteiger partial charge on any atom is 0.262 e. The van der Waals surface area contributed by atoms with Crippen molar-refractivity contribution in [2.45, 2.75) is 31.3 Å². The quantitative estimate of drug-likeness (QED) is 0.340. The number of furan rings is 1. The fraction of sp³-hybridized carbons (Fsp3) is 0.241. The van der Waals surface area contributed by atoms with Crippen LogP contribution in [0.2, 0.25) is 0 Å². The van der Waals surface area contributed by atoms with Gasteiger partial charge >= 0.3 is 0 Å². The first-order valence-electron chi connectivity index (χ1n) is 12.2. The molecule has 0 aliphatic heterocycles. The van der Waals surface area contributed by atoms with E-state index in [1.807, 2.05) is 55.7 Å². The lowest BCUT2D eigenvalue weighted by atomic mass is 9.72. The average Bonchev–Trinajstić information content (AvgIpc) is 3.49. The third-order valence-electron chi connectivity index (χ3n) is 7.28. The summed E-state index contributed by atoms with van der Waals surface area (Å²) in [4.78, 5) is 13.7. The number of nitrogens with two attached hydrogens (primary N) is 1. The molecule has 5 aromatic rings. The van der Waals surface area contributed by atoms with Gasteiger partial charge in [0, 0.05) is 47.2 Å². The summed E-state index contributed by atoms with van der Waals surface area (Å²) >= 11 is 0. The van der Waals surface area contributed by atoms with Crippen LogP contribution in [0.3, 0.4) is 0 Å². The van der Waals surface area contributed by atoms with Crippen LogP contribution in [0, 0.1) is 0 Å². The van der Waals surface area contributed by atoms with Gasteiger partial charge in [0.15, 0.2) is 0 Å². The highest BCUT2D eigenvalue weighted by Gasteiger charge is 2.34. The van der Waals surface area contributed by atoms with Crippen molar-refractivity contribution in [1.82, 2.24) is 14.3 Å². The summed E-state index contributed by atoms with van der Waals surface area (Å²) in [7, 11) is 1.83. The van der Waals surface area contributed by atoms with Crippen molar-refractivity contribution in [1.29, 1.82) is 0 Å². The molecular weight excluding hydrogens is 455 g/mol. The third-order valence-corrected chi connectivity index (χ3v) is 7.28. The Morgan fingerprint density at radius 3 is 2.39 bits per heavy atom. The van der Waals surface area contributed by atoms with Gasteiger partial charge in [-0.1, -0.05) is 54.6 Å². The molecule has 2 N–H and O–H groups in total. The van der Waals surface area contributed by atoms with Crippen LogP contribution in [-0.2, 0) is 19.1 Å². The monoisotopic (exact) mass is 482 g/mol. The number of hydrogen-bond donors (Lipinski definition) is 1. The summed E-state index contributed by atoms with van der Waals surface area (Å²) in [5.41, 5.74) is 11.5. The van der Waals surface area contributed by atoms with E-state index in [2.05, 4.69) is 17.2 Å². The van der Waals surface area contributed by atoms with Crippen molar-refractivity contribution in [2.75, 3.05) is 6.67 Å². The first-order chi connectivity index (χ1) is 17.5. The van der Waals surface area contributed by atoms with Crippen molar-refractivity contribution in [3.63, 3.8) is 0 Å². The minimum Gasteiger partial charge on any atom is -0.454 e. The van der Waals surface area contributed by atoms with Gasteiger partial charge in [0.2, 0.25) is 0 Å². The van der Waals surface area contributed by atoms with Gasteiger partial charge in [-0.05, 0) is 30.4 Å². The van der Waals surface area contributed by atoms with Crippen molar-refractivity contribution in [2.24, 2.45) is 12.8 Å².